The van der Waals surface area contributed by atoms with E-state index in [9.17, 15) is 14.7 Å². The smallest absolute Gasteiger partial charge is 0.295 e. The Balaban J connectivity index is 2.08. The van der Waals surface area contributed by atoms with E-state index >= 15 is 0 Å². The van der Waals surface area contributed by atoms with Crippen molar-refractivity contribution in [2.45, 2.75) is 26.8 Å². The number of nitrogens with zero attached hydrogens (tertiary/aromatic N) is 1. The van der Waals surface area contributed by atoms with Gasteiger partial charge in [-0.2, -0.15) is 0 Å². The molecule has 164 valence electrons. The molecule has 0 spiro atoms. The quantitative estimate of drug-likeness (QED) is 0.389. The van der Waals surface area contributed by atoms with Crippen molar-refractivity contribution >= 4 is 17.4 Å². The molecule has 0 radical (unpaired) electrons. The first-order valence-electron chi connectivity index (χ1n) is 10.7. The van der Waals surface area contributed by atoms with Crippen LogP contribution in [0.4, 0.5) is 0 Å². The molecule has 3 rings (SSSR count). The number of hydrogen-bond donors (Lipinski definition) is 2. The van der Waals surface area contributed by atoms with Crippen LogP contribution in [0.15, 0.2) is 54.1 Å². The molecule has 0 aromatic heterocycles. The summed E-state index contributed by atoms with van der Waals surface area (Å²) in [5.74, 6) is -0.670. The van der Waals surface area contributed by atoms with Gasteiger partial charge in [0, 0.05) is 5.56 Å². The number of amides is 1. The van der Waals surface area contributed by atoms with Crippen LogP contribution in [0, 0.1) is 6.92 Å². The SMILES string of the molecule is CC[NH+](CC)CCN1C(=O)C(=O)C(=C(O)c2ccc(OC)c(C)c2)[C@@H]1c1ccccc1. The van der Waals surface area contributed by atoms with Gasteiger partial charge in [-0.25, -0.2) is 0 Å². The number of quaternary nitrogens is 1. The van der Waals surface area contributed by atoms with E-state index in [2.05, 4.69) is 13.8 Å². The van der Waals surface area contributed by atoms with Crippen LogP contribution in [0.1, 0.15) is 36.6 Å². The van der Waals surface area contributed by atoms with Crippen LogP contribution in [-0.2, 0) is 9.59 Å². The summed E-state index contributed by atoms with van der Waals surface area (Å²) in [6, 6.07) is 14.0. The topological polar surface area (TPSA) is 71.3 Å². The molecule has 0 saturated carbocycles. The second-order valence-electron chi connectivity index (χ2n) is 7.79. The lowest BCUT2D eigenvalue weighted by Gasteiger charge is -2.27. The molecule has 1 atom stereocenters. The Morgan fingerprint density at radius 3 is 2.35 bits per heavy atom. The number of methoxy groups -OCH3 is 1. The highest BCUT2D eigenvalue weighted by molar-refractivity contribution is 6.46. The van der Waals surface area contributed by atoms with Crippen molar-refractivity contribution in [2.24, 2.45) is 0 Å². The zero-order valence-corrected chi connectivity index (χ0v) is 18.6. The van der Waals surface area contributed by atoms with Crippen molar-refractivity contribution in [1.29, 1.82) is 0 Å². The third-order valence-corrected chi connectivity index (χ3v) is 6.03. The largest absolute Gasteiger partial charge is 0.507 e. The van der Waals surface area contributed by atoms with E-state index in [1.807, 2.05) is 37.3 Å². The highest BCUT2D eigenvalue weighted by atomic mass is 16.5. The van der Waals surface area contributed by atoms with Gasteiger partial charge in [-0.05, 0) is 50.1 Å². The Hall–Kier alpha value is -3.12. The summed E-state index contributed by atoms with van der Waals surface area (Å²) in [5, 5.41) is 11.1. The van der Waals surface area contributed by atoms with Crippen molar-refractivity contribution in [1.82, 2.24) is 4.90 Å². The van der Waals surface area contributed by atoms with Gasteiger partial charge in [0.05, 0.1) is 44.9 Å². The Bertz CT molecular complexity index is 980. The number of aryl methyl sites for hydroxylation is 1. The molecule has 0 unspecified atom stereocenters. The Labute approximate surface area is 183 Å². The number of benzene rings is 2. The molecule has 6 heteroatoms. The molecule has 1 amide bonds. The maximum absolute atomic E-state index is 13.1. The van der Waals surface area contributed by atoms with E-state index in [1.165, 1.54) is 4.90 Å². The van der Waals surface area contributed by atoms with Crippen molar-refractivity contribution in [3.63, 3.8) is 0 Å². The number of likely N-dealkylation sites (N-methyl/N-ethyl adjacent to an activating group) is 1. The maximum atomic E-state index is 13.1. The summed E-state index contributed by atoms with van der Waals surface area (Å²) < 4.78 is 5.30. The molecule has 0 aliphatic carbocycles. The fourth-order valence-electron chi connectivity index (χ4n) is 4.16. The van der Waals surface area contributed by atoms with E-state index in [0.29, 0.717) is 17.9 Å². The number of likely N-dealkylation sites (tertiary alicyclic amines) is 1. The van der Waals surface area contributed by atoms with E-state index < -0.39 is 17.7 Å². The minimum atomic E-state index is -0.644. The predicted octanol–water partition coefficient (Wildman–Crippen LogP) is 2.35. The van der Waals surface area contributed by atoms with Crippen molar-refractivity contribution in [2.75, 3.05) is 33.3 Å². The monoisotopic (exact) mass is 423 g/mol. The fourth-order valence-corrected chi connectivity index (χ4v) is 4.16. The first-order chi connectivity index (χ1) is 14.9. The molecule has 1 aliphatic rings. The van der Waals surface area contributed by atoms with E-state index in [0.717, 1.165) is 30.8 Å². The van der Waals surface area contributed by atoms with Crippen LogP contribution in [0.25, 0.3) is 5.76 Å². The highest BCUT2D eigenvalue weighted by Gasteiger charge is 2.46. The van der Waals surface area contributed by atoms with Gasteiger partial charge in [-0.3, -0.25) is 9.59 Å². The molecular weight excluding hydrogens is 392 g/mol. The molecule has 1 heterocycles. The average molecular weight is 424 g/mol. The van der Waals surface area contributed by atoms with Gasteiger partial charge < -0.3 is 19.6 Å². The van der Waals surface area contributed by atoms with Crippen LogP contribution in [0.5, 0.6) is 5.75 Å². The number of hydrogen-bond acceptors (Lipinski definition) is 4. The zero-order chi connectivity index (χ0) is 22.5. The lowest BCUT2D eigenvalue weighted by Crippen LogP contribution is -3.12. The average Bonchev–Trinajstić information content (AvgIpc) is 3.04. The molecule has 1 aliphatic heterocycles. The van der Waals surface area contributed by atoms with Gasteiger partial charge in [0.1, 0.15) is 11.5 Å². The van der Waals surface area contributed by atoms with E-state index in [4.69, 9.17) is 4.74 Å². The number of ether oxygens (including phenoxy) is 1. The first kappa shape index (κ1) is 22.6. The van der Waals surface area contributed by atoms with Crippen molar-refractivity contribution in [3.05, 3.63) is 70.8 Å². The molecule has 1 fully saturated rings. The van der Waals surface area contributed by atoms with Crippen LogP contribution >= 0.6 is 0 Å². The number of aliphatic hydroxyl groups is 1. The molecule has 2 N–H and O–H groups in total. The second kappa shape index (κ2) is 9.79. The van der Waals surface area contributed by atoms with Gasteiger partial charge in [-0.1, -0.05) is 30.3 Å². The number of aliphatic hydroxyl groups excluding tert-OH is 1. The van der Waals surface area contributed by atoms with E-state index in [1.54, 1.807) is 30.2 Å². The van der Waals surface area contributed by atoms with Crippen LogP contribution in [-0.4, -0.2) is 55.0 Å². The number of carbonyl (C=O) groups excluding carboxylic acids is 2. The number of rotatable bonds is 8. The lowest BCUT2D eigenvalue weighted by molar-refractivity contribution is -0.895. The normalized spacial score (nSPS) is 18.1. The van der Waals surface area contributed by atoms with Gasteiger partial charge in [0.2, 0.25) is 0 Å². The minimum absolute atomic E-state index is 0.135. The summed E-state index contributed by atoms with van der Waals surface area (Å²) in [4.78, 5) is 29.0. The number of ketones is 1. The van der Waals surface area contributed by atoms with Crippen molar-refractivity contribution in [3.8, 4) is 5.75 Å². The maximum Gasteiger partial charge on any atom is 0.295 e. The van der Waals surface area contributed by atoms with Crippen LogP contribution in [0.3, 0.4) is 0 Å². The second-order valence-corrected chi connectivity index (χ2v) is 7.79. The van der Waals surface area contributed by atoms with E-state index in [-0.39, 0.29) is 11.3 Å². The summed E-state index contributed by atoms with van der Waals surface area (Å²) in [6.45, 7) is 9.16. The molecule has 31 heavy (non-hydrogen) atoms. The molecule has 2 aromatic carbocycles. The summed E-state index contributed by atoms with van der Waals surface area (Å²) in [5.41, 5.74) is 2.27. The lowest BCUT2D eigenvalue weighted by atomic mass is 9.95. The summed E-state index contributed by atoms with van der Waals surface area (Å²) in [7, 11) is 1.58. The summed E-state index contributed by atoms with van der Waals surface area (Å²) in [6.07, 6.45) is 0. The Morgan fingerprint density at radius 1 is 1.10 bits per heavy atom. The van der Waals surface area contributed by atoms with Gasteiger partial charge in [0.15, 0.2) is 0 Å². The van der Waals surface area contributed by atoms with Gasteiger partial charge >= 0.3 is 0 Å². The Kier molecular flexibility index (Phi) is 7.13. The van der Waals surface area contributed by atoms with Gasteiger partial charge in [0.25, 0.3) is 11.7 Å². The highest BCUT2D eigenvalue weighted by Crippen LogP contribution is 2.39. The van der Waals surface area contributed by atoms with Crippen molar-refractivity contribution < 1.29 is 24.3 Å². The minimum Gasteiger partial charge on any atom is -0.507 e. The molecule has 1 saturated heterocycles. The predicted molar refractivity (Wildman–Crippen MR) is 120 cm³/mol. The standard InChI is InChI=1S/C25H30N2O4/c1-5-26(6-2)14-15-27-22(18-10-8-7-9-11-18)21(24(29)25(27)30)23(28)19-12-13-20(31-4)17(3)16-19/h7-13,16,22,28H,5-6,14-15H2,1-4H3/p+1/t22-/m0/s1. The van der Waals surface area contributed by atoms with Crippen LogP contribution < -0.4 is 9.64 Å². The molecular formula is C25H31N2O4+. The van der Waals surface area contributed by atoms with Gasteiger partial charge in [-0.15, -0.1) is 0 Å². The third kappa shape index (κ3) is 4.49. The number of Topliss-reactive ketones (excluding diaryl/α,β-unsaturated/α-hetero) is 1. The van der Waals surface area contributed by atoms with Crippen LogP contribution in [0.2, 0.25) is 0 Å². The summed E-state index contributed by atoms with van der Waals surface area (Å²) >= 11 is 0. The third-order valence-electron chi connectivity index (χ3n) is 6.03. The first-order valence-corrected chi connectivity index (χ1v) is 10.7. The fraction of sp³-hybridized carbons (Fsp3) is 0.360. The Morgan fingerprint density at radius 2 is 1.77 bits per heavy atom. The zero-order valence-electron chi connectivity index (χ0n) is 18.6. The molecule has 6 nitrogen and oxygen atoms in total. The number of carbonyl (C=O) groups is 2. The molecule has 2 aromatic rings. The molecule has 0 bridgehead atoms. The number of nitrogens with one attached hydrogen (secondary N) is 1.